The summed E-state index contributed by atoms with van der Waals surface area (Å²) in [5.74, 6) is 0. The highest BCUT2D eigenvalue weighted by atomic mass is 15.0. The number of nitriles is 1. The van der Waals surface area contributed by atoms with Crippen LogP contribution in [0, 0.1) is 11.3 Å². The second-order valence-corrected chi connectivity index (χ2v) is 3.87. The average molecular weight is 218 g/mol. The number of nitrogens with zero attached hydrogens (tertiary/aromatic N) is 2. The Bertz CT molecular complexity index is 717. The van der Waals surface area contributed by atoms with Crippen LogP contribution in [0.3, 0.4) is 0 Å². The molecule has 0 spiro atoms. The molecule has 0 saturated carbocycles. The number of rotatable bonds is 1. The Kier molecular flexibility index (Phi) is 2.16. The fourth-order valence-electron chi connectivity index (χ4n) is 2.07. The normalized spacial score (nSPS) is 10.3. The number of aromatic nitrogens is 1. The van der Waals surface area contributed by atoms with Gasteiger partial charge in [-0.3, -0.25) is 0 Å². The minimum Gasteiger partial charge on any atom is -0.315 e. The smallest absolute Gasteiger partial charge is 0.101 e. The van der Waals surface area contributed by atoms with Crippen molar-refractivity contribution in [2.75, 3.05) is 0 Å². The van der Waals surface area contributed by atoms with Crippen molar-refractivity contribution in [3.05, 3.63) is 66.4 Å². The van der Waals surface area contributed by atoms with Gasteiger partial charge in [0.05, 0.1) is 16.8 Å². The fraction of sp³-hybridized carbons (Fsp3) is 0. The Morgan fingerprint density at radius 3 is 2.53 bits per heavy atom. The van der Waals surface area contributed by atoms with E-state index in [0.29, 0.717) is 5.56 Å². The van der Waals surface area contributed by atoms with Gasteiger partial charge in [-0.05, 0) is 29.7 Å². The molecular weight excluding hydrogens is 208 g/mol. The molecule has 0 aliphatic rings. The lowest BCUT2D eigenvalue weighted by Gasteiger charge is -2.06. The maximum Gasteiger partial charge on any atom is 0.101 e. The van der Waals surface area contributed by atoms with Crippen LogP contribution in [0.4, 0.5) is 0 Å². The lowest BCUT2D eigenvalue weighted by molar-refractivity contribution is 1.12. The Balaban J connectivity index is 2.32. The largest absolute Gasteiger partial charge is 0.315 e. The first kappa shape index (κ1) is 9.68. The van der Waals surface area contributed by atoms with Crippen LogP contribution in [0.5, 0.6) is 0 Å². The minimum absolute atomic E-state index is 0.689. The Hall–Kier alpha value is -2.53. The van der Waals surface area contributed by atoms with E-state index < -0.39 is 0 Å². The van der Waals surface area contributed by atoms with E-state index >= 15 is 0 Å². The Morgan fingerprint density at radius 2 is 1.65 bits per heavy atom. The van der Waals surface area contributed by atoms with E-state index in [1.54, 1.807) is 0 Å². The molecule has 17 heavy (non-hydrogen) atoms. The molecule has 2 heteroatoms. The Labute approximate surface area is 99.3 Å². The predicted molar refractivity (Wildman–Crippen MR) is 68.0 cm³/mol. The molecule has 0 bridgehead atoms. The van der Waals surface area contributed by atoms with Crippen molar-refractivity contribution in [3.63, 3.8) is 0 Å². The van der Waals surface area contributed by atoms with Gasteiger partial charge in [0.15, 0.2) is 0 Å². The van der Waals surface area contributed by atoms with Gasteiger partial charge < -0.3 is 4.57 Å². The topological polar surface area (TPSA) is 28.7 Å². The maximum absolute atomic E-state index is 9.13. The van der Waals surface area contributed by atoms with Crippen molar-refractivity contribution in [2.24, 2.45) is 0 Å². The molecule has 0 aliphatic carbocycles. The summed E-state index contributed by atoms with van der Waals surface area (Å²) in [4.78, 5) is 0. The molecule has 0 N–H and O–H groups in total. The first-order chi connectivity index (χ1) is 8.40. The highest BCUT2D eigenvalue weighted by Crippen LogP contribution is 2.22. The summed E-state index contributed by atoms with van der Waals surface area (Å²) in [7, 11) is 0. The van der Waals surface area contributed by atoms with E-state index in [1.807, 2.05) is 47.2 Å². The fourth-order valence-corrected chi connectivity index (χ4v) is 2.07. The summed E-state index contributed by atoms with van der Waals surface area (Å²) < 4.78 is 2.05. The number of fused-ring (bicyclic) bond motifs is 1. The van der Waals surface area contributed by atoms with E-state index in [4.69, 9.17) is 5.26 Å². The van der Waals surface area contributed by atoms with Gasteiger partial charge in [0.1, 0.15) is 6.07 Å². The molecule has 2 aromatic carbocycles. The third-order valence-corrected chi connectivity index (χ3v) is 2.88. The zero-order valence-corrected chi connectivity index (χ0v) is 9.17. The SMILES string of the molecule is N#Cc1ccccc1-n1ccc2ccccc21. The molecular formula is C15H10N2. The first-order valence-electron chi connectivity index (χ1n) is 5.46. The van der Waals surface area contributed by atoms with Gasteiger partial charge in [0, 0.05) is 6.20 Å². The predicted octanol–water partition coefficient (Wildman–Crippen LogP) is 3.50. The van der Waals surface area contributed by atoms with Gasteiger partial charge >= 0.3 is 0 Å². The van der Waals surface area contributed by atoms with Crippen molar-refractivity contribution in [1.82, 2.24) is 4.57 Å². The number of hydrogen-bond donors (Lipinski definition) is 0. The van der Waals surface area contributed by atoms with Gasteiger partial charge in [-0.1, -0.05) is 30.3 Å². The van der Waals surface area contributed by atoms with E-state index in [-0.39, 0.29) is 0 Å². The molecule has 2 nitrogen and oxygen atoms in total. The minimum atomic E-state index is 0.689. The summed E-state index contributed by atoms with van der Waals surface area (Å²) in [6.45, 7) is 0. The second-order valence-electron chi connectivity index (χ2n) is 3.87. The molecule has 0 saturated heterocycles. The van der Waals surface area contributed by atoms with Crippen LogP contribution in [0.25, 0.3) is 16.6 Å². The zero-order chi connectivity index (χ0) is 11.7. The summed E-state index contributed by atoms with van der Waals surface area (Å²) in [5, 5.41) is 10.3. The van der Waals surface area contributed by atoms with Crippen molar-refractivity contribution < 1.29 is 0 Å². The summed E-state index contributed by atoms with van der Waals surface area (Å²) >= 11 is 0. The van der Waals surface area contributed by atoms with Crippen molar-refractivity contribution >= 4 is 10.9 Å². The highest BCUT2D eigenvalue weighted by Gasteiger charge is 2.05. The van der Waals surface area contributed by atoms with Crippen molar-refractivity contribution in [1.29, 1.82) is 5.26 Å². The monoisotopic (exact) mass is 218 g/mol. The van der Waals surface area contributed by atoms with Crippen LogP contribution in [-0.2, 0) is 0 Å². The molecule has 3 aromatic rings. The van der Waals surface area contributed by atoms with Crippen LogP contribution in [0.1, 0.15) is 5.56 Å². The van der Waals surface area contributed by atoms with Gasteiger partial charge in [-0.25, -0.2) is 0 Å². The first-order valence-corrected chi connectivity index (χ1v) is 5.46. The molecule has 0 unspecified atom stereocenters. The third-order valence-electron chi connectivity index (χ3n) is 2.88. The molecule has 0 radical (unpaired) electrons. The van der Waals surface area contributed by atoms with Crippen molar-refractivity contribution in [2.45, 2.75) is 0 Å². The highest BCUT2D eigenvalue weighted by molar-refractivity contribution is 5.82. The second kappa shape index (κ2) is 3.80. The zero-order valence-electron chi connectivity index (χ0n) is 9.17. The Morgan fingerprint density at radius 1 is 0.882 bits per heavy atom. The van der Waals surface area contributed by atoms with Gasteiger partial charge in [-0.2, -0.15) is 5.26 Å². The molecule has 1 aromatic heterocycles. The number of para-hydroxylation sites is 2. The van der Waals surface area contributed by atoms with Crippen LogP contribution in [0.2, 0.25) is 0 Å². The summed E-state index contributed by atoms with van der Waals surface area (Å²) in [6.07, 6.45) is 2.00. The maximum atomic E-state index is 9.13. The molecule has 3 rings (SSSR count). The van der Waals surface area contributed by atoms with Crippen LogP contribution in [-0.4, -0.2) is 4.57 Å². The van der Waals surface area contributed by atoms with Gasteiger partial charge in [0.2, 0.25) is 0 Å². The standard InChI is InChI=1S/C15H10N2/c16-11-13-6-2-4-8-15(13)17-10-9-12-5-1-3-7-14(12)17/h1-10H. The number of benzene rings is 2. The molecule has 0 fully saturated rings. The van der Waals surface area contributed by atoms with Gasteiger partial charge in [-0.15, -0.1) is 0 Å². The van der Waals surface area contributed by atoms with Crippen LogP contribution >= 0.6 is 0 Å². The lowest BCUT2D eigenvalue weighted by atomic mass is 10.2. The molecule has 0 amide bonds. The quantitative estimate of drug-likeness (QED) is 0.614. The number of hydrogen-bond acceptors (Lipinski definition) is 1. The lowest BCUT2D eigenvalue weighted by Crippen LogP contribution is -1.94. The van der Waals surface area contributed by atoms with Crippen LogP contribution < -0.4 is 0 Å². The average Bonchev–Trinajstić information content (AvgIpc) is 2.82. The van der Waals surface area contributed by atoms with E-state index in [1.165, 1.54) is 5.39 Å². The molecule has 0 atom stereocenters. The van der Waals surface area contributed by atoms with Crippen molar-refractivity contribution in [3.8, 4) is 11.8 Å². The molecule has 0 aliphatic heterocycles. The molecule has 80 valence electrons. The van der Waals surface area contributed by atoms with Crippen LogP contribution in [0.15, 0.2) is 60.8 Å². The van der Waals surface area contributed by atoms with E-state index in [0.717, 1.165) is 11.2 Å². The summed E-state index contributed by atoms with van der Waals surface area (Å²) in [6, 6.07) is 20.1. The third kappa shape index (κ3) is 1.49. The summed E-state index contributed by atoms with van der Waals surface area (Å²) in [5.41, 5.74) is 2.74. The molecule has 1 heterocycles. The van der Waals surface area contributed by atoms with E-state index in [2.05, 4.69) is 24.3 Å². The van der Waals surface area contributed by atoms with Gasteiger partial charge in [0.25, 0.3) is 0 Å². The van der Waals surface area contributed by atoms with E-state index in [9.17, 15) is 0 Å².